The molecule has 0 N–H and O–H groups in total. The smallest absolute Gasteiger partial charge is 0.273 e. The van der Waals surface area contributed by atoms with Crippen molar-refractivity contribution in [2.24, 2.45) is 5.92 Å². The van der Waals surface area contributed by atoms with Crippen LogP contribution in [0.15, 0.2) is 24.8 Å². The zero-order valence-corrected chi connectivity index (χ0v) is 10.2. The molecule has 0 spiro atoms. The summed E-state index contributed by atoms with van der Waals surface area (Å²) in [6.07, 6.45) is 2.35. The Bertz CT molecular complexity index is 480. The summed E-state index contributed by atoms with van der Waals surface area (Å²) < 4.78 is 10.5. The predicted octanol–water partition coefficient (Wildman–Crippen LogP) is 3.00. The number of hydrogen-bond donors (Lipinski definition) is 0. The molecule has 1 saturated carbocycles. The van der Waals surface area contributed by atoms with Gasteiger partial charge in [0.05, 0.1) is 24.7 Å². The first-order valence-electron chi connectivity index (χ1n) is 5.75. The van der Waals surface area contributed by atoms with Crippen molar-refractivity contribution in [2.45, 2.75) is 12.8 Å². The van der Waals surface area contributed by atoms with Gasteiger partial charge in [0.1, 0.15) is 11.5 Å². The van der Waals surface area contributed by atoms with Gasteiger partial charge in [-0.05, 0) is 24.8 Å². The summed E-state index contributed by atoms with van der Waals surface area (Å²) in [5.41, 5.74) is 0.550. The van der Waals surface area contributed by atoms with E-state index in [1.165, 1.54) is 32.1 Å². The standard InChI is InChI=1S/C13H15NO4/c1-9(17-2)11-5-12(14(15)16)7-13(6-11)18-8-10-3-4-10/h5-7,10H,1,3-4,8H2,2H3. The van der Waals surface area contributed by atoms with E-state index in [0.29, 0.717) is 29.6 Å². The summed E-state index contributed by atoms with van der Waals surface area (Å²) in [6, 6.07) is 4.56. The van der Waals surface area contributed by atoms with Gasteiger partial charge in [-0.25, -0.2) is 0 Å². The normalized spacial score (nSPS) is 14.1. The van der Waals surface area contributed by atoms with Gasteiger partial charge < -0.3 is 9.47 Å². The fourth-order valence-electron chi connectivity index (χ4n) is 1.55. The molecule has 1 aliphatic carbocycles. The van der Waals surface area contributed by atoms with Crippen molar-refractivity contribution >= 4 is 11.4 Å². The molecule has 96 valence electrons. The first-order valence-corrected chi connectivity index (χ1v) is 5.75. The van der Waals surface area contributed by atoms with E-state index >= 15 is 0 Å². The summed E-state index contributed by atoms with van der Waals surface area (Å²) in [7, 11) is 1.48. The second kappa shape index (κ2) is 5.08. The molecule has 5 nitrogen and oxygen atoms in total. The van der Waals surface area contributed by atoms with Crippen molar-refractivity contribution in [3.8, 4) is 5.75 Å². The van der Waals surface area contributed by atoms with Crippen molar-refractivity contribution in [3.05, 3.63) is 40.5 Å². The van der Waals surface area contributed by atoms with Crippen LogP contribution >= 0.6 is 0 Å². The highest BCUT2D eigenvalue weighted by Gasteiger charge is 2.22. The van der Waals surface area contributed by atoms with Gasteiger partial charge in [-0.2, -0.15) is 0 Å². The minimum absolute atomic E-state index is 0.0171. The summed E-state index contributed by atoms with van der Waals surface area (Å²) in [5, 5.41) is 10.8. The van der Waals surface area contributed by atoms with Crippen LogP contribution in [0.3, 0.4) is 0 Å². The van der Waals surface area contributed by atoms with Crippen LogP contribution < -0.4 is 4.74 Å². The maximum Gasteiger partial charge on any atom is 0.273 e. The van der Waals surface area contributed by atoms with Gasteiger partial charge in [0.2, 0.25) is 0 Å². The number of methoxy groups -OCH3 is 1. The van der Waals surface area contributed by atoms with E-state index < -0.39 is 4.92 Å². The van der Waals surface area contributed by atoms with Crippen LogP contribution in [0.5, 0.6) is 5.75 Å². The number of ether oxygens (including phenoxy) is 2. The van der Waals surface area contributed by atoms with Crippen molar-refractivity contribution in [3.63, 3.8) is 0 Å². The van der Waals surface area contributed by atoms with E-state index in [-0.39, 0.29) is 5.69 Å². The van der Waals surface area contributed by atoms with E-state index in [2.05, 4.69) is 6.58 Å². The van der Waals surface area contributed by atoms with Crippen molar-refractivity contribution in [2.75, 3.05) is 13.7 Å². The molecule has 0 saturated heterocycles. The Hall–Kier alpha value is -2.04. The first kappa shape index (κ1) is 12.4. The number of nitro groups is 1. The maximum absolute atomic E-state index is 10.8. The Morgan fingerprint density at radius 1 is 1.50 bits per heavy atom. The fraction of sp³-hybridized carbons (Fsp3) is 0.385. The Balaban J connectivity index is 2.22. The largest absolute Gasteiger partial charge is 0.497 e. The number of nitro benzene ring substituents is 1. The highest BCUT2D eigenvalue weighted by Crippen LogP contribution is 2.31. The second-order valence-electron chi connectivity index (χ2n) is 4.35. The number of nitrogens with zero attached hydrogens (tertiary/aromatic N) is 1. The van der Waals surface area contributed by atoms with E-state index in [9.17, 15) is 10.1 Å². The summed E-state index contributed by atoms with van der Waals surface area (Å²) >= 11 is 0. The van der Waals surface area contributed by atoms with E-state index in [1.807, 2.05) is 0 Å². The molecular weight excluding hydrogens is 234 g/mol. The topological polar surface area (TPSA) is 61.6 Å². The lowest BCUT2D eigenvalue weighted by Gasteiger charge is -2.09. The highest BCUT2D eigenvalue weighted by atomic mass is 16.6. The molecule has 1 aliphatic rings. The minimum atomic E-state index is -0.448. The Labute approximate surface area is 105 Å². The van der Waals surface area contributed by atoms with Crippen LogP contribution in [0.4, 0.5) is 5.69 Å². The van der Waals surface area contributed by atoms with Crippen molar-refractivity contribution in [1.29, 1.82) is 0 Å². The fourth-order valence-corrected chi connectivity index (χ4v) is 1.55. The SMILES string of the molecule is C=C(OC)c1cc(OCC2CC2)cc([N+](=O)[O-])c1. The van der Waals surface area contributed by atoms with Crippen LogP contribution in [0.1, 0.15) is 18.4 Å². The Morgan fingerprint density at radius 3 is 2.78 bits per heavy atom. The van der Waals surface area contributed by atoms with Gasteiger partial charge >= 0.3 is 0 Å². The quantitative estimate of drug-likeness (QED) is 0.441. The average Bonchev–Trinajstić information content (AvgIpc) is 3.19. The van der Waals surface area contributed by atoms with Gasteiger partial charge in [0.25, 0.3) is 5.69 Å². The summed E-state index contributed by atoms with van der Waals surface area (Å²) in [5.74, 6) is 1.47. The number of benzene rings is 1. The first-order chi connectivity index (χ1) is 8.60. The third-order valence-corrected chi connectivity index (χ3v) is 2.85. The molecule has 0 aromatic heterocycles. The van der Waals surface area contributed by atoms with Crippen LogP contribution in [0.25, 0.3) is 5.76 Å². The molecule has 0 atom stereocenters. The molecular formula is C13H15NO4. The summed E-state index contributed by atoms with van der Waals surface area (Å²) in [4.78, 5) is 10.4. The maximum atomic E-state index is 10.8. The minimum Gasteiger partial charge on any atom is -0.497 e. The van der Waals surface area contributed by atoms with Gasteiger partial charge in [0.15, 0.2) is 0 Å². The second-order valence-corrected chi connectivity index (χ2v) is 4.35. The van der Waals surface area contributed by atoms with Gasteiger partial charge in [-0.1, -0.05) is 6.58 Å². The summed E-state index contributed by atoms with van der Waals surface area (Å²) in [6.45, 7) is 4.30. The molecule has 0 unspecified atom stereocenters. The zero-order chi connectivity index (χ0) is 13.1. The van der Waals surface area contributed by atoms with Gasteiger partial charge in [-0.3, -0.25) is 10.1 Å². The molecule has 1 aromatic rings. The van der Waals surface area contributed by atoms with Gasteiger partial charge in [-0.15, -0.1) is 0 Å². The van der Waals surface area contributed by atoms with Gasteiger partial charge in [0, 0.05) is 11.6 Å². The zero-order valence-electron chi connectivity index (χ0n) is 10.2. The third-order valence-electron chi connectivity index (χ3n) is 2.85. The lowest BCUT2D eigenvalue weighted by molar-refractivity contribution is -0.385. The molecule has 1 fully saturated rings. The predicted molar refractivity (Wildman–Crippen MR) is 67.4 cm³/mol. The molecule has 1 aromatic carbocycles. The lowest BCUT2D eigenvalue weighted by atomic mass is 10.1. The molecule has 5 heteroatoms. The van der Waals surface area contributed by atoms with Crippen molar-refractivity contribution < 1.29 is 14.4 Å². The van der Waals surface area contributed by atoms with Crippen LogP contribution in [0, 0.1) is 16.0 Å². The van der Waals surface area contributed by atoms with E-state index in [4.69, 9.17) is 9.47 Å². The molecule has 0 heterocycles. The van der Waals surface area contributed by atoms with Crippen LogP contribution in [-0.2, 0) is 4.74 Å². The molecule has 2 rings (SSSR count). The monoisotopic (exact) mass is 249 g/mol. The average molecular weight is 249 g/mol. The number of non-ortho nitro benzene ring substituents is 1. The van der Waals surface area contributed by atoms with E-state index in [1.54, 1.807) is 6.07 Å². The molecule has 0 aliphatic heterocycles. The highest BCUT2D eigenvalue weighted by molar-refractivity contribution is 5.62. The molecule has 0 radical (unpaired) electrons. The lowest BCUT2D eigenvalue weighted by Crippen LogP contribution is -2.01. The molecule has 18 heavy (non-hydrogen) atoms. The van der Waals surface area contributed by atoms with Crippen molar-refractivity contribution in [1.82, 2.24) is 0 Å². The van der Waals surface area contributed by atoms with Crippen LogP contribution in [-0.4, -0.2) is 18.6 Å². The van der Waals surface area contributed by atoms with E-state index in [0.717, 1.165) is 0 Å². The number of hydrogen-bond acceptors (Lipinski definition) is 4. The Morgan fingerprint density at radius 2 is 2.22 bits per heavy atom. The third kappa shape index (κ3) is 3.00. The number of rotatable bonds is 6. The van der Waals surface area contributed by atoms with Crippen LogP contribution in [0.2, 0.25) is 0 Å². The molecule has 0 amide bonds. The molecule has 0 bridgehead atoms. The Kier molecular flexibility index (Phi) is 3.50.